The van der Waals surface area contributed by atoms with Crippen LogP contribution < -0.4 is 14.8 Å². The van der Waals surface area contributed by atoms with Crippen LogP contribution in [-0.4, -0.2) is 40.9 Å². The third kappa shape index (κ3) is 3.50. The van der Waals surface area contributed by atoms with Crippen molar-refractivity contribution in [2.24, 2.45) is 5.92 Å². The lowest BCUT2D eigenvalue weighted by Gasteiger charge is -2.25. The van der Waals surface area contributed by atoms with Crippen LogP contribution in [0.5, 0.6) is 11.5 Å². The van der Waals surface area contributed by atoms with Crippen LogP contribution in [0.15, 0.2) is 24.5 Å². The molecule has 7 nitrogen and oxygen atoms in total. The van der Waals surface area contributed by atoms with Crippen LogP contribution >= 0.6 is 0 Å². The highest BCUT2D eigenvalue weighted by Gasteiger charge is 2.26. The second-order valence-electron chi connectivity index (χ2n) is 5.76. The first-order valence-corrected chi connectivity index (χ1v) is 8.15. The van der Waals surface area contributed by atoms with E-state index in [1.807, 2.05) is 29.7 Å². The number of methoxy groups -OCH3 is 1. The summed E-state index contributed by atoms with van der Waals surface area (Å²) in [7, 11) is 1.63. The topological polar surface area (TPSA) is 78.3 Å². The second kappa shape index (κ2) is 7.33. The molecule has 128 valence electrons. The summed E-state index contributed by atoms with van der Waals surface area (Å²) >= 11 is 0. The zero-order chi connectivity index (χ0) is 16.9. The van der Waals surface area contributed by atoms with E-state index in [4.69, 9.17) is 9.47 Å². The maximum absolute atomic E-state index is 12.4. The van der Waals surface area contributed by atoms with Crippen LogP contribution in [-0.2, 0) is 24.2 Å². The monoisotopic (exact) mass is 330 g/mol. The van der Waals surface area contributed by atoms with E-state index in [1.165, 1.54) is 0 Å². The Bertz CT molecular complexity index is 714. The summed E-state index contributed by atoms with van der Waals surface area (Å²) < 4.78 is 12.9. The standard InChI is InChI=1S/C17H22N4O3/c1-3-21-11-19-20-16(21)6-7-18-17(22)13-8-12-9-14(23-2)4-5-15(12)24-10-13/h4-5,9,11,13H,3,6-8,10H2,1-2H3,(H,18,22). The first-order valence-electron chi connectivity index (χ1n) is 8.15. The summed E-state index contributed by atoms with van der Waals surface area (Å²) in [6.07, 6.45) is 3.03. The van der Waals surface area contributed by atoms with Gasteiger partial charge in [0, 0.05) is 19.5 Å². The minimum Gasteiger partial charge on any atom is -0.497 e. The van der Waals surface area contributed by atoms with Crippen LogP contribution in [0.4, 0.5) is 0 Å². The number of aryl methyl sites for hydroxylation is 1. The van der Waals surface area contributed by atoms with E-state index in [9.17, 15) is 4.79 Å². The minimum absolute atomic E-state index is 0.00559. The molecule has 24 heavy (non-hydrogen) atoms. The molecule has 1 aromatic carbocycles. The summed E-state index contributed by atoms with van der Waals surface area (Å²) in [5.74, 6) is 2.31. The van der Waals surface area contributed by atoms with Crippen molar-refractivity contribution >= 4 is 5.91 Å². The molecule has 1 amide bonds. The fourth-order valence-electron chi connectivity index (χ4n) is 2.84. The summed E-state index contributed by atoms with van der Waals surface area (Å²) in [5, 5.41) is 10.9. The van der Waals surface area contributed by atoms with E-state index in [2.05, 4.69) is 15.5 Å². The average molecular weight is 330 g/mol. The maximum Gasteiger partial charge on any atom is 0.226 e. The smallest absolute Gasteiger partial charge is 0.226 e. The predicted octanol–water partition coefficient (Wildman–Crippen LogP) is 1.22. The lowest BCUT2D eigenvalue weighted by Crippen LogP contribution is -2.38. The Morgan fingerprint density at radius 3 is 3.17 bits per heavy atom. The van der Waals surface area contributed by atoms with Crippen molar-refractivity contribution in [1.82, 2.24) is 20.1 Å². The van der Waals surface area contributed by atoms with E-state index in [1.54, 1.807) is 13.4 Å². The van der Waals surface area contributed by atoms with Gasteiger partial charge < -0.3 is 19.4 Å². The fourth-order valence-corrected chi connectivity index (χ4v) is 2.84. The van der Waals surface area contributed by atoms with Gasteiger partial charge >= 0.3 is 0 Å². The zero-order valence-corrected chi connectivity index (χ0v) is 14.0. The molecule has 0 aliphatic carbocycles. The van der Waals surface area contributed by atoms with Crippen LogP contribution in [0.25, 0.3) is 0 Å². The molecule has 0 spiro atoms. The first-order chi connectivity index (χ1) is 11.7. The van der Waals surface area contributed by atoms with Crippen LogP contribution in [0.2, 0.25) is 0 Å². The van der Waals surface area contributed by atoms with Crippen LogP contribution in [0.3, 0.4) is 0 Å². The summed E-state index contributed by atoms with van der Waals surface area (Å²) in [6.45, 7) is 3.80. The van der Waals surface area contributed by atoms with Crippen molar-refractivity contribution in [3.05, 3.63) is 35.9 Å². The number of amides is 1. The van der Waals surface area contributed by atoms with Crippen molar-refractivity contribution in [2.45, 2.75) is 26.3 Å². The summed E-state index contributed by atoms with van der Waals surface area (Å²) in [4.78, 5) is 12.4. The van der Waals surface area contributed by atoms with E-state index >= 15 is 0 Å². The van der Waals surface area contributed by atoms with E-state index in [0.717, 1.165) is 29.4 Å². The third-order valence-corrected chi connectivity index (χ3v) is 4.23. The third-order valence-electron chi connectivity index (χ3n) is 4.23. The minimum atomic E-state index is -0.186. The number of nitrogens with one attached hydrogen (secondary N) is 1. The molecule has 1 aliphatic rings. The van der Waals surface area contributed by atoms with Gasteiger partial charge in [0.05, 0.1) is 13.0 Å². The van der Waals surface area contributed by atoms with E-state index in [-0.39, 0.29) is 11.8 Å². The average Bonchev–Trinajstić information content (AvgIpc) is 3.08. The van der Waals surface area contributed by atoms with E-state index < -0.39 is 0 Å². The number of aromatic nitrogens is 3. The van der Waals surface area contributed by atoms with Gasteiger partial charge in [-0.1, -0.05) is 0 Å². The second-order valence-corrected chi connectivity index (χ2v) is 5.76. The number of hydrogen-bond acceptors (Lipinski definition) is 5. The summed E-state index contributed by atoms with van der Waals surface area (Å²) in [5.41, 5.74) is 1.01. The SMILES string of the molecule is CCn1cnnc1CCNC(=O)C1COc2ccc(OC)cc2C1. The van der Waals surface area contributed by atoms with Gasteiger partial charge in [-0.2, -0.15) is 0 Å². The number of carbonyl (C=O) groups excluding carboxylic acids is 1. The number of rotatable bonds is 6. The number of carbonyl (C=O) groups is 1. The molecule has 1 N–H and O–H groups in total. The molecule has 1 unspecified atom stereocenters. The Morgan fingerprint density at radius 2 is 2.38 bits per heavy atom. The molecule has 7 heteroatoms. The van der Waals surface area contributed by atoms with Crippen molar-refractivity contribution in [1.29, 1.82) is 0 Å². The van der Waals surface area contributed by atoms with Crippen LogP contribution in [0, 0.1) is 5.92 Å². The molecule has 1 aliphatic heterocycles. The molecule has 0 bridgehead atoms. The van der Waals surface area contributed by atoms with Gasteiger partial charge in [0.25, 0.3) is 0 Å². The zero-order valence-electron chi connectivity index (χ0n) is 14.0. The number of fused-ring (bicyclic) bond motifs is 1. The lowest BCUT2D eigenvalue weighted by atomic mass is 9.96. The highest BCUT2D eigenvalue weighted by Crippen LogP contribution is 2.30. The van der Waals surface area contributed by atoms with Crippen molar-refractivity contribution in [3.63, 3.8) is 0 Å². The first kappa shape index (κ1) is 16.3. The molecule has 0 radical (unpaired) electrons. The highest BCUT2D eigenvalue weighted by molar-refractivity contribution is 5.79. The van der Waals surface area contributed by atoms with Crippen molar-refractivity contribution < 1.29 is 14.3 Å². The summed E-state index contributed by atoms with van der Waals surface area (Å²) in [6, 6.07) is 5.68. The Morgan fingerprint density at radius 1 is 1.50 bits per heavy atom. The quantitative estimate of drug-likeness (QED) is 0.861. The number of nitrogens with zero attached hydrogens (tertiary/aromatic N) is 3. The molecule has 2 aromatic rings. The Balaban J connectivity index is 1.54. The van der Waals surface area contributed by atoms with Gasteiger partial charge in [-0.3, -0.25) is 4.79 Å². The Labute approximate surface area is 141 Å². The molecule has 2 heterocycles. The van der Waals surface area contributed by atoms with Gasteiger partial charge in [0.2, 0.25) is 5.91 Å². The molecular weight excluding hydrogens is 308 g/mol. The number of benzene rings is 1. The van der Waals surface area contributed by atoms with Gasteiger partial charge in [0.1, 0.15) is 30.3 Å². The van der Waals surface area contributed by atoms with E-state index in [0.29, 0.717) is 26.0 Å². The molecular formula is C17H22N4O3. The molecule has 3 rings (SSSR count). The largest absolute Gasteiger partial charge is 0.497 e. The Hall–Kier alpha value is -2.57. The van der Waals surface area contributed by atoms with Gasteiger partial charge in [-0.15, -0.1) is 10.2 Å². The van der Waals surface area contributed by atoms with Gasteiger partial charge in [0.15, 0.2) is 0 Å². The van der Waals surface area contributed by atoms with Crippen molar-refractivity contribution in [2.75, 3.05) is 20.3 Å². The van der Waals surface area contributed by atoms with Crippen LogP contribution in [0.1, 0.15) is 18.3 Å². The molecule has 0 saturated heterocycles. The molecule has 1 atom stereocenters. The lowest BCUT2D eigenvalue weighted by molar-refractivity contribution is -0.126. The normalized spacial score (nSPS) is 16.2. The van der Waals surface area contributed by atoms with Gasteiger partial charge in [-0.25, -0.2) is 0 Å². The van der Waals surface area contributed by atoms with Crippen molar-refractivity contribution in [3.8, 4) is 11.5 Å². The predicted molar refractivity (Wildman–Crippen MR) is 88.1 cm³/mol. The fraction of sp³-hybridized carbons (Fsp3) is 0.471. The molecule has 0 saturated carbocycles. The van der Waals surface area contributed by atoms with Gasteiger partial charge in [-0.05, 0) is 37.1 Å². The number of ether oxygens (including phenoxy) is 2. The Kier molecular flexibility index (Phi) is 4.98. The molecule has 0 fully saturated rings. The maximum atomic E-state index is 12.4. The molecule has 1 aromatic heterocycles. The number of hydrogen-bond donors (Lipinski definition) is 1. The highest BCUT2D eigenvalue weighted by atomic mass is 16.5.